The third kappa shape index (κ3) is 3.59. The van der Waals surface area contributed by atoms with E-state index in [1.54, 1.807) is 6.92 Å². The average Bonchev–Trinajstić information content (AvgIpc) is 2.20. The normalized spacial score (nSPS) is 12.3. The first-order valence-electron chi connectivity index (χ1n) is 4.33. The van der Waals surface area contributed by atoms with Crippen molar-refractivity contribution in [3.8, 4) is 0 Å². The van der Waals surface area contributed by atoms with E-state index in [-0.39, 0.29) is 5.91 Å². The van der Waals surface area contributed by atoms with Crippen molar-refractivity contribution in [2.24, 2.45) is 0 Å². The number of benzene rings is 1. The van der Waals surface area contributed by atoms with Crippen LogP contribution in [0.1, 0.15) is 6.92 Å². The summed E-state index contributed by atoms with van der Waals surface area (Å²) in [7, 11) is 1.50. The zero-order chi connectivity index (χ0) is 11.4. The van der Waals surface area contributed by atoms with E-state index in [1.807, 2.05) is 18.2 Å². The molecule has 0 heterocycles. The van der Waals surface area contributed by atoms with Crippen LogP contribution in [0.15, 0.2) is 27.1 Å². The van der Waals surface area contributed by atoms with Crippen LogP contribution in [-0.4, -0.2) is 19.1 Å². The summed E-state index contributed by atoms with van der Waals surface area (Å²) in [6.45, 7) is 1.70. The predicted octanol–water partition coefficient (Wildman–Crippen LogP) is 3.19. The minimum Gasteiger partial charge on any atom is -0.372 e. The van der Waals surface area contributed by atoms with Crippen LogP contribution < -0.4 is 5.32 Å². The molecule has 1 aromatic rings. The fraction of sp³-hybridized carbons (Fsp3) is 0.300. The number of amides is 1. The molecule has 1 unspecified atom stereocenters. The minimum absolute atomic E-state index is 0.166. The molecule has 0 fully saturated rings. The number of carbonyl (C=O) groups is 1. The Balaban J connectivity index is 2.77. The SMILES string of the molecule is COC(C)C(=O)Nc1ccc(Br)cc1Br. The van der Waals surface area contributed by atoms with E-state index in [2.05, 4.69) is 37.2 Å². The van der Waals surface area contributed by atoms with Crippen LogP contribution in [-0.2, 0) is 9.53 Å². The van der Waals surface area contributed by atoms with Crippen molar-refractivity contribution in [1.29, 1.82) is 0 Å². The van der Waals surface area contributed by atoms with Crippen molar-refractivity contribution in [1.82, 2.24) is 0 Å². The Morgan fingerprint density at radius 1 is 1.47 bits per heavy atom. The number of methoxy groups -OCH3 is 1. The Morgan fingerprint density at radius 3 is 2.67 bits per heavy atom. The van der Waals surface area contributed by atoms with E-state index in [4.69, 9.17) is 4.74 Å². The lowest BCUT2D eigenvalue weighted by atomic mass is 10.3. The fourth-order valence-corrected chi connectivity index (χ4v) is 2.08. The number of nitrogens with one attached hydrogen (secondary N) is 1. The molecule has 1 atom stereocenters. The molecular formula is C10H11Br2NO2. The van der Waals surface area contributed by atoms with Crippen molar-refractivity contribution in [2.45, 2.75) is 13.0 Å². The highest BCUT2D eigenvalue weighted by Gasteiger charge is 2.12. The molecule has 0 spiro atoms. The van der Waals surface area contributed by atoms with E-state index in [1.165, 1.54) is 7.11 Å². The molecular weight excluding hydrogens is 326 g/mol. The molecule has 1 rings (SSSR count). The Bertz CT molecular complexity index is 368. The van der Waals surface area contributed by atoms with Crippen LogP contribution in [0.5, 0.6) is 0 Å². The molecule has 0 radical (unpaired) electrons. The number of rotatable bonds is 3. The lowest BCUT2D eigenvalue weighted by Gasteiger charge is -2.11. The molecule has 0 aliphatic heterocycles. The van der Waals surface area contributed by atoms with Gasteiger partial charge >= 0.3 is 0 Å². The summed E-state index contributed by atoms with van der Waals surface area (Å²) in [5, 5.41) is 2.76. The van der Waals surface area contributed by atoms with Gasteiger partial charge in [0.15, 0.2) is 0 Å². The summed E-state index contributed by atoms with van der Waals surface area (Å²) in [4.78, 5) is 11.5. The van der Waals surface area contributed by atoms with E-state index in [0.29, 0.717) is 0 Å². The molecule has 82 valence electrons. The second kappa shape index (κ2) is 5.63. The molecule has 1 N–H and O–H groups in total. The number of halogens is 2. The van der Waals surface area contributed by atoms with Crippen LogP contribution >= 0.6 is 31.9 Å². The molecule has 0 bridgehead atoms. The van der Waals surface area contributed by atoms with Gasteiger partial charge in [0, 0.05) is 16.1 Å². The van der Waals surface area contributed by atoms with Gasteiger partial charge in [-0.05, 0) is 41.1 Å². The molecule has 0 aromatic heterocycles. The van der Waals surface area contributed by atoms with Gasteiger partial charge < -0.3 is 10.1 Å². The van der Waals surface area contributed by atoms with Gasteiger partial charge in [-0.1, -0.05) is 15.9 Å². The van der Waals surface area contributed by atoms with Gasteiger partial charge in [0.05, 0.1) is 5.69 Å². The van der Waals surface area contributed by atoms with E-state index >= 15 is 0 Å². The third-order valence-corrected chi connectivity index (χ3v) is 3.06. The summed E-state index contributed by atoms with van der Waals surface area (Å²) in [6.07, 6.45) is -0.458. The summed E-state index contributed by atoms with van der Waals surface area (Å²) in [5.74, 6) is -0.166. The Labute approximate surface area is 105 Å². The number of carbonyl (C=O) groups excluding carboxylic acids is 1. The summed E-state index contributed by atoms with van der Waals surface area (Å²) in [6, 6.07) is 5.54. The smallest absolute Gasteiger partial charge is 0.253 e. The van der Waals surface area contributed by atoms with Gasteiger partial charge in [0.2, 0.25) is 0 Å². The third-order valence-electron chi connectivity index (χ3n) is 1.91. The molecule has 1 aromatic carbocycles. The minimum atomic E-state index is -0.458. The molecule has 0 aliphatic rings. The largest absolute Gasteiger partial charge is 0.372 e. The average molecular weight is 337 g/mol. The van der Waals surface area contributed by atoms with E-state index < -0.39 is 6.10 Å². The molecule has 1 amide bonds. The zero-order valence-corrected chi connectivity index (χ0v) is 11.6. The molecule has 5 heteroatoms. The highest BCUT2D eigenvalue weighted by Crippen LogP contribution is 2.26. The fourth-order valence-electron chi connectivity index (χ4n) is 0.932. The van der Waals surface area contributed by atoms with Crippen LogP contribution in [0.3, 0.4) is 0 Å². The van der Waals surface area contributed by atoms with Crippen molar-refractivity contribution in [3.63, 3.8) is 0 Å². The Morgan fingerprint density at radius 2 is 2.13 bits per heavy atom. The van der Waals surface area contributed by atoms with Gasteiger partial charge in [0.25, 0.3) is 5.91 Å². The van der Waals surface area contributed by atoms with E-state index in [0.717, 1.165) is 14.6 Å². The molecule has 0 aliphatic carbocycles. The first-order chi connectivity index (χ1) is 7.04. The number of ether oxygens (including phenoxy) is 1. The van der Waals surface area contributed by atoms with Gasteiger partial charge in [0.1, 0.15) is 6.10 Å². The van der Waals surface area contributed by atoms with Crippen LogP contribution in [0.4, 0.5) is 5.69 Å². The number of anilines is 1. The van der Waals surface area contributed by atoms with Crippen molar-refractivity contribution < 1.29 is 9.53 Å². The molecule has 0 saturated heterocycles. The summed E-state index contributed by atoms with van der Waals surface area (Å²) in [5.41, 5.74) is 0.729. The number of hydrogen-bond acceptors (Lipinski definition) is 2. The van der Waals surface area contributed by atoms with Crippen molar-refractivity contribution in [3.05, 3.63) is 27.1 Å². The van der Waals surface area contributed by atoms with Crippen molar-refractivity contribution in [2.75, 3.05) is 12.4 Å². The number of hydrogen-bond donors (Lipinski definition) is 1. The Hall–Kier alpha value is -0.390. The molecule has 3 nitrogen and oxygen atoms in total. The topological polar surface area (TPSA) is 38.3 Å². The first-order valence-corrected chi connectivity index (χ1v) is 5.92. The Kier molecular flexibility index (Phi) is 4.76. The summed E-state index contributed by atoms with van der Waals surface area (Å²) >= 11 is 6.70. The zero-order valence-electron chi connectivity index (χ0n) is 8.38. The highest BCUT2D eigenvalue weighted by molar-refractivity contribution is 9.11. The van der Waals surface area contributed by atoms with Crippen LogP contribution in [0.25, 0.3) is 0 Å². The van der Waals surface area contributed by atoms with Gasteiger partial charge in [-0.25, -0.2) is 0 Å². The monoisotopic (exact) mass is 335 g/mol. The van der Waals surface area contributed by atoms with Gasteiger partial charge in [-0.2, -0.15) is 0 Å². The van der Waals surface area contributed by atoms with Crippen molar-refractivity contribution >= 4 is 43.5 Å². The predicted molar refractivity (Wildman–Crippen MR) is 66.9 cm³/mol. The summed E-state index contributed by atoms with van der Waals surface area (Å²) < 4.78 is 6.69. The van der Waals surface area contributed by atoms with Gasteiger partial charge in [-0.3, -0.25) is 4.79 Å². The van der Waals surface area contributed by atoms with E-state index in [9.17, 15) is 4.79 Å². The molecule has 15 heavy (non-hydrogen) atoms. The van der Waals surface area contributed by atoms with Crippen LogP contribution in [0, 0.1) is 0 Å². The second-order valence-electron chi connectivity index (χ2n) is 2.99. The lowest BCUT2D eigenvalue weighted by Crippen LogP contribution is -2.26. The standard InChI is InChI=1S/C10H11Br2NO2/c1-6(15-2)10(14)13-9-4-3-7(11)5-8(9)12/h3-6H,1-2H3,(H,13,14). The maximum absolute atomic E-state index is 11.5. The maximum Gasteiger partial charge on any atom is 0.253 e. The quantitative estimate of drug-likeness (QED) is 0.920. The highest BCUT2D eigenvalue weighted by atomic mass is 79.9. The molecule has 0 saturated carbocycles. The lowest BCUT2D eigenvalue weighted by molar-refractivity contribution is -0.124. The van der Waals surface area contributed by atoms with Crippen LogP contribution in [0.2, 0.25) is 0 Å². The second-order valence-corrected chi connectivity index (χ2v) is 4.76. The maximum atomic E-state index is 11.5. The first kappa shape index (κ1) is 12.7. The van der Waals surface area contributed by atoms with Gasteiger partial charge in [-0.15, -0.1) is 0 Å².